The van der Waals surface area contributed by atoms with Gasteiger partial charge in [-0.05, 0) is 93.6 Å². The number of allylic oxidation sites excluding steroid dienone is 6. The summed E-state index contributed by atoms with van der Waals surface area (Å²) in [7, 11) is 3.38. The number of likely N-dealkylation sites (N-methyl/N-ethyl adjacent to an activating group) is 1. The number of ketones is 1. The molecule has 1 radical (unpaired) electrons. The molecule has 0 bridgehead atoms. The van der Waals surface area contributed by atoms with Crippen LogP contribution in [0, 0.1) is 25.3 Å². The number of hydrazine groups is 1. The number of hydrogen-bond donors (Lipinski definition) is 4. The number of nitrogens with one attached hydrogen (secondary N) is 3. The number of nitrogens with zero attached hydrogens (tertiary/aromatic N) is 1. The normalized spacial score (nSPS) is 11.0. The van der Waals surface area contributed by atoms with Crippen LogP contribution in [0.4, 0.5) is 0 Å². The molecule has 0 spiro atoms. The third-order valence-corrected chi connectivity index (χ3v) is 8.89. The monoisotopic (exact) mass is 879 g/mol. The second-order valence-electron chi connectivity index (χ2n) is 13.0. The van der Waals surface area contributed by atoms with Crippen LogP contribution in [-0.2, 0) is 51.0 Å². The fourth-order valence-corrected chi connectivity index (χ4v) is 6.11. The summed E-state index contributed by atoms with van der Waals surface area (Å²) >= 11 is 0. The molecule has 0 atom stereocenters. The molecule has 1 aliphatic carbocycles. The van der Waals surface area contributed by atoms with Gasteiger partial charge in [-0.1, -0.05) is 97.9 Å². The Labute approximate surface area is 387 Å². The molecule has 1 aliphatic rings. The van der Waals surface area contributed by atoms with E-state index in [2.05, 4.69) is 140 Å². The van der Waals surface area contributed by atoms with Crippen LogP contribution >= 0.6 is 0 Å². The van der Waals surface area contributed by atoms with Gasteiger partial charge in [0.1, 0.15) is 0 Å². The Balaban J connectivity index is -0.000000421. The van der Waals surface area contributed by atoms with E-state index in [1.807, 2.05) is 40.8 Å². The molecule has 0 amide bonds. The Morgan fingerprint density at radius 2 is 1.59 bits per heavy atom. The van der Waals surface area contributed by atoms with Crippen molar-refractivity contribution in [3.63, 3.8) is 0 Å². The number of unbranched alkanes of at least 4 members (excludes halogenated alkanes) is 2. The first-order chi connectivity index (χ1) is 27.8. The number of hydrogen-bond acceptors (Lipinski definition) is 5. The van der Waals surface area contributed by atoms with Gasteiger partial charge in [0.2, 0.25) is 0 Å². The van der Waals surface area contributed by atoms with Crippen molar-refractivity contribution in [2.75, 3.05) is 14.1 Å². The summed E-state index contributed by atoms with van der Waals surface area (Å²) in [5.41, 5.74) is 19.5. The number of fused-ring (bicyclic) bond motifs is 4. The van der Waals surface area contributed by atoms with Gasteiger partial charge in [-0.2, -0.15) is 19.1 Å². The largest absolute Gasteiger partial charge is 0.357 e. The molecule has 59 heavy (non-hydrogen) atoms. The van der Waals surface area contributed by atoms with Crippen LogP contribution in [0.2, 0.25) is 0 Å². The maximum atomic E-state index is 13.5. The summed E-state index contributed by atoms with van der Waals surface area (Å²) < 4.78 is 0. The summed E-state index contributed by atoms with van der Waals surface area (Å²) in [5.74, 6) is 0.160. The van der Waals surface area contributed by atoms with Crippen molar-refractivity contribution in [3.05, 3.63) is 176 Å². The number of aromatic nitrogens is 1. The molecule has 4 rings (SSSR count). The van der Waals surface area contributed by atoms with E-state index in [1.54, 1.807) is 24.1 Å². The Kier molecular flexibility index (Phi) is 36.2. The van der Waals surface area contributed by atoms with Crippen LogP contribution in [0.1, 0.15) is 131 Å². The summed E-state index contributed by atoms with van der Waals surface area (Å²) in [6, 6.07) is 10.8. The van der Waals surface area contributed by atoms with Crippen LogP contribution in [-0.4, -0.2) is 36.1 Å². The minimum Gasteiger partial charge on any atom is -0.357 e. The van der Waals surface area contributed by atoms with Gasteiger partial charge in [-0.15, -0.1) is 50.6 Å². The van der Waals surface area contributed by atoms with Crippen molar-refractivity contribution < 1.29 is 37.5 Å². The molecule has 0 fully saturated rings. The van der Waals surface area contributed by atoms with Crippen LogP contribution < -0.4 is 11.2 Å². The third-order valence-electron chi connectivity index (χ3n) is 8.89. The average Bonchev–Trinajstić information content (AvgIpc) is 3.64. The van der Waals surface area contributed by atoms with E-state index in [-0.39, 0.29) is 43.9 Å². The molecule has 323 valence electrons. The number of carbonyl (C=O) groups excluding carboxylic acids is 1. The minimum atomic E-state index is -0.225. The number of rotatable bonds is 15. The molecule has 1 aromatic heterocycles. The number of carbonyl (C=O) groups is 1. The van der Waals surface area contributed by atoms with Crippen molar-refractivity contribution >= 4 is 22.9 Å². The number of nitrogens with two attached hydrogens (primary N) is 1. The van der Waals surface area contributed by atoms with E-state index in [4.69, 9.17) is 5.41 Å². The first-order valence-electron chi connectivity index (χ1n) is 20.5. The van der Waals surface area contributed by atoms with E-state index >= 15 is 0 Å². The first-order valence-corrected chi connectivity index (χ1v) is 20.5. The molecule has 0 saturated carbocycles. The molecule has 0 aliphatic heterocycles. The molecule has 2 aromatic carbocycles. The quantitative estimate of drug-likeness (QED) is 0.0305. The SMILES string of the molecule is C=C.C=C[C-]=C(C=C)C(=C)C(=C)N(C)NC(=C)CCCC=C.CC.CC.CC=N.CN.[CH2-]CCCc1cc2c(cc1CC)C(=O)c1c([nH]c3cc(C)ccc13)C2(C)C.[Y]. The molecular formula is C52H79N5OY-2. The van der Waals surface area contributed by atoms with Crippen molar-refractivity contribution in [1.82, 2.24) is 15.4 Å². The summed E-state index contributed by atoms with van der Waals surface area (Å²) in [4.78, 5) is 17.1. The molecule has 3 aromatic rings. The van der Waals surface area contributed by atoms with Crippen LogP contribution in [0.5, 0.6) is 0 Å². The molecule has 6 nitrogen and oxygen atoms in total. The van der Waals surface area contributed by atoms with E-state index in [1.165, 1.54) is 30.0 Å². The Morgan fingerprint density at radius 3 is 2.08 bits per heavy atom. The van der Waals surface area contributed by atoms with Crippen LogP contribution in [0.15, 0.2) is 124 Å². The van der Waals surface area contributed by atoms with Crippen LogP contribution in [0.25, 0.3) is 10.9 Å². The molecule has 7 heteroatoms. The fraction of sp³-hybridized carbons (Fsp3) is 0.365. The second kappa shape index (κ2) is 34.7. The van der Waals surface area contributed by atoms with Gasteiger partial charge >= 0.3 is 0 Å². The maximum Gasteiger partial charge on any atom is 0.195 e. The van der Waals surface area contributed by atoms with E-state index in [0.717, 1.165) is 101 Å². The number of H-pyrrole nitrogens is 1. The first kappa shape index (κ1) is 61.6. The Hall–Kier alpha value is -4.10. The zero-order chi connectivity index (χ0) is 45.6. The Bertz CT molecular complexity index is 1810. The van der Waals surface area contributed by atoms with Gasteiger partial charge in [0.25, 0.3) is 0 Å². The maximum absolute atomic E-state index is 13.5. The van der Waals surface area contributed by atoms with Crippen LogP contribution in [0.3, 0.4) is 0 Å². The zero-order valence-corrected chi connectivity index (χ0v) is 41.9. The van der Waals surface area contributed by atoms with Gasteiger partial charge in [0.05, 0.1) is 5.56 Å². The third kappa shape index (κ3) is 18.4. The summed E-state index contributed by atoms with van der Waals surface area (Å²) in [6.07, 6.45) is 16.3. The molecule has 0 saturated heterocycles. The summed E-state index contributed by atoms with van der Waals surface area (Å²) in [5, 5.41) is 8.92. The van der Waals surface area contributed by atoms with Crippen molar-refractivity contribution in [2.24, 2.45) is 5.73 Å². The predicted octanol–water partition coefficient (Wildman–Crippen LogP) is 13.6. The zero-order valence-electron chi connectivity index (χ0n) is 39.0. The van der Waals surface area contributed by atoms with Gasteiger partial charge in [0.15, 0.2) is 5.78 Å². The number of benzene rings is 2. The minimum absolute atomic E-state index is 0. The topological polar surface area (TPSA) is 98.0 Å². The average molecular weight is 879 g/mol. The molecular weight excluding hydrogens is 800 g/mol. The van der Waals surface area contributed by atoms with Gasteiger partial charge in [-0.25, -0.2) is 0 Å². The number of aromatic amines is 1. The standard InChI is InChI=1S/C25H28NO.C18H25N2.C2H5N.2C2H6.C2H4.CH5N.Y/c1-6-8-9-17-14-20-19(13-16(17)7-2)23(27)22-18-11-10-15(3)12-21(18)26-24(22)25(20,4)5;1-8-11-12-14-15(4)19-20(7)17(6)16(5)18(10-3)13-9-2;1-2-3;4*1-2;/h10-14,26H,1,6-9H2,2-5H3;8-10,19H,1-6,11-12,14H2,7H3;2-3H,1H3;2*1-2H3;1-2H2;2H2,1H3;/q2*-1;;;;;;. The smallest absolute Gasteiger partial charge is 0.195 e. The van der Waals surface area contributed by atoms with E-state index < -0.39 is 0 Å². The number of aryl methyl sites for hydroxylation is 3. The van der Waals surface area contributed by atoms with Crippen molar-refractivity contribution in [3.8, 4) is 0 Å². The fourth-order valence-electron chi connectivity index (χ4n) is 6.11. The van der Waals surface area contributed by atoms with E-state index in [9.17, 15) is 4.79 Å². The predicted molar refractivity (Wildman–Crippen MR) is 261 cm³/mol. The molecule has 5 N–H and O–H groups in total. The molecule has 0 unspecified atom stereocenters. The van der Waals surface area contributed by atoms with Crippen molar-refractivity contribution in [2.45, 2.75) is 113 Å². The summed E-state index contributed by atoms with van der Waals surface area (Å²) in [6.45, 7) is 51.5. The van der Waals surface area contributed by atoms with Gasteiger partial charge < -0.3 is 33.5 Å². The Morgan fingerprint density at radius 1 is 1.02 bits per heavy atom. The molecule has 1 heterocycles. The van der Waals surface area contributed by atoms with Crippen molar-refractivity contribution in [1.29, 1.82) is 5.41 Å². The van der Waals surface area contributed by atoms with E-state index in [0.29, 0.717) is 0 Å². The van der Waals surface area contributed by atoms with Gasteiger partial charge in [-0.3, -0.25) is 4.79 Å². The van der Waals surface area contributed by atoms with Gasteiger partial charge in [0, 0.05) is 78.7 Å². The second-order valence-corrected chi connectivity index (χ2v) is 13.0.